The molecule has 1 aliphatic rings. The smallest absolute Gasteiger partial charge is 0.356 e. The maximum Gasteiger partial charge on any atom is 0.576 e. The van der Waals surface area contributed by atoms with Crippen molar-refractivity contribution in [2.45, 2.75) is 25.1 Å². The molecule has 13 heteroatoms. The minimum Gasteiger partial charge on any atom is -0.356 e. The Morgan fingerprint density at radius 2 is 1.83 bits per heavy atom. The Morgan fingerprint density at radius 3 is 2.41 bits per heavy atom. The molecule has 1 N–H and O–H groups in total. The Kier molecular flexibility index (Phi) is 5.45. The quantitative estimate of drug-likeness (QED) is 0.664. The summed E-state index contributed by atoms with van der Waals surface area (Å²) in [5, 5.41) is 2.26. The second-order valence-corrected chi connectivity index (χ2v) is 7.25. The van der Waals surface area contributed by atoms with Crippen LogP contribution in [0.1, 0.15) is 10.4 Å². The standard InChI is InChI=1S/C16H12BrF6N3O3/c17-8-1-2-10-11(6-26(12(10)3-8)7-15(18,19)20)13(27)25-4-9(5-25)24-14(28)29-16(21,22)23/h1-3,6,9H,4-5,7H2,(H,24,28). The lowest BCUT2D eigenvalue weighted by Gasteiger charge is -2.39. The first-order chi connectivity index (χ1) is 13.3. The zero-order valence-electron chi connectivity index (χ0n) is 14.3. The minimum atomic E-state index is -5.13. The van der Waals surface area contributed by atoms with Gasteiger partial charge in [0.2, 0.25) is 0 Å². The van der Waals surface area contributed by atoms with Crippen molar-refractivity contribution in [3.8, 4) is 0 Å². The van der Waals surface area contributed by atoms with E-state index in [2.05, 4.69) is 20.7 Å². The lowest BCUT2D eigenvalue weighted by atomic mass is 10.1. The molecule has 0 bridgehead atoms. The first-order valence-corrected chi connectivity index (χ1v) is 8.82. The number of fused-ring (bicyclic) bond motifs is 1. The van der Waals surface area contributed by atoms with Gasteiger partial charge in [0.05, 0.1) is 17.1 Å². The largest absolute Gasteiger partial charge is 0.576 e. The minimum absolute atomic E-state index is 0.0214. The van der Waals surface area contributed by atoms with Crippen molar-refractivity contribution in [1.82, 2.24) is 14.8 Å². The fourth-order valence-electron chi connectivity index (χ4n) is 2.97. The number of carbonyl (C=O) groups is 2. The maximum absolute atomic E-state index is 12.8. The zero-order chi connectivity index (χ0) is 21.6. The van der Waals surface area contributed by atoms with Gasteiger partial charge in [-0.1, -0.05) is 22.0 Å². The fourth-order valence-corrected chi connectivity index (χ4v) is 3.32. The number of amides is 2. The van der Waals surface area contributed by atoms with E-state index in [0.29, 0.717) is 9.86 Å². The molecule has 1 fully saturated rings. The summed E-state index contributed by atoms with van der Waals surface area (Å²) in [6, 6.07) is 3.76. The number of alkyl halides is 6. The highest BCUT2D eigenvalue weighted by Crippen LogP contribution is 2.30. The summed E-state index contributed by atoms with van der Waals surface area (Å²) in [6.07, 6.45) is -10.2. The summed E-state index contributed by atoms with van der Waals surface area (Å²) < 4.78 is 79.1. The van der Waals surface area contributed by atoms with Crippen LogP contribution < -0.4 is 5.32 Å². The van der Waals surface area contributed by atoms with Crippen molar-refractivity contribution in [2.75, 3.05) is 13.1 Å². The third kappa shape index (κ3) is 5.14. The summed E-state index contributed by atoms with van der Waals surface area (Å²) in [4.78, 5) is 24.9. The summed E-state index contributed by atoms with van der Waals surface area (Å²) in [6.45, 7) is -1.50. The average molecular weight is 488 g/mol. The maximum atomic E-state index is 12.8. The second kappa shape index (κ2) is 7.43. The van der Waals surface area contributed by atoms with Gasteiger partial charge in [-0.15, -0.1) is 13.2 Å². The summed E-state index contributed by atoms with van der Waals surface area (Å²) >= 11 is 3.18. The molecule has 0 radical (unpaired) electrons. The molecule has 1 aromatic heterocycles. The first kappa shape index (κ1) is 21.3. The molecule has 158 valence electrons. The number of ether oxygens (including phenoxy) is 1. The Hall–Kier alpha value is -2.44. The van der Waals surface area contributed by atoms with Crippen LogP contribution in [0.25, 0.3) is 10.9 Å². The third-order valence-corrected chi connectivity index (χ3v) is 4.62. The van der Waals surface area contributed by atoms with Gasteiger partial charge in [0, 0.05) is 29.1 Å². The molecule has 3 rings (SSSR count). The highest BCUT2D eigenvalue weighted by atomic mass is 79.9. The topological polar surface area (TPSA) is 63.6 Å². The zero-order valence-corrected chi connectivity index (χ0v) is 15.9. The molecule has 0 unspecified atom stereocenters. The Balaban J connectivity index is 1.73. The molecule has 2 aromatic rings. The van der Waals surface area contributed by atoms with E-state index >= 15 is 0 Å². The van der Waals surface area contributed by atoms with Gasteiger partial charge in [-0.2, -0.15) is 13.2 Å². The first-order valence-electron chi connectivity index (χ1n) is 8.03. The number of rotatable bonds is 3. The molecular weight excluding hydrogens is 476 g/mol. The van der Waals surface area contributed by atoms with Crippen LogP contribution in [0, 0.1) is 0 Å². The van der Waals surface area contributed by atoms with Crippen LogP contribution in [-0.2, 0) is 11.3 Å². The van der Waals surface area contributed by atoms with Crippen molar-refractivity contribution in [3.63, 3.8) is 0 Å². The van der Waals surface area contributed by atoms with Gasteiger partial charge in [-0.3, -0.25) is 4.79 Å². The molecule has 2 heterocycles. The van der Waals surface area contributed by atoms with E-state index in [0.717, 1.165) is 10.8 Å². The van der Waals surface area contributed by atoms with Crippen molar-refractivity contribution >= 4 is 38.8 Å². The van der Waals surface area contributed by atoms with Crippen LogP contribution in [0.3, 0.4) is 0 Å². The summed E-state index contributed by atoms with van der Waals surface area (Å²) in [5.41, 5.74) is 0.220. The molecule has 1 aromatic carbocycles. The molecular formula is C16H12BrF6N3O3. The van der Waals surface area contributed by atoms with Crippen molar-refractivity contribution in [3.05, 3.63) is 34.4 Å². The number of nitrogens with one attached hydrogen (secondary N) is 1. The number of benzene rings is 1. The third-order valence-electron chi connectivity index (χ3n) is 4.12. The SMILES string of the molecule is O=C(NC1CN(C(=O)c2cn(CC(F)(F)F)c3cc(Br)ccc23)C1)OC(F)(F)F. The van der Waals surface area contributed by atoms with Crippen LogP contribution >= 0.6 is 15.9 Å². The number of hydrogen-bond acceptors (Lipinski definition) is 3. The summed E-state index contributed by atoms with van der Waals surface area (Å²) in [5.74, 6) is -0.597. The fraction of sp³-hybridized carbons (Fsp3) is 0.375. The molecule has 0 atom stereocenters. The van der Waals surface area contributed by atoms with Crippen molar-refractivity contribution in [2.24, 2.45) is 0 Å². The molecule has 0 saturated carbocycles. The molecule has 0 spiro atoms. The lowest BCUT2D eigenvalue weighted by molar-refractivity contribution is -0.291. The molecule has 0 aliphatic carbocycles. The molecule has 2 amide bonds. The van der Waals surface area contributed by atoms with Gasteiger partial charge in [0.1, 0.15) is 6.54 Å². The number of aromatic nitrogens is 1. The van der Waals surface area contributed by atoms with Gasteiger partial charge in [-0.05, 0) is 12.1 Å². The van der Waals surface area contributed by atoms with Gasteiger partial charge < -0.3 is 19.5 Å². The van der Waals surface area contributed by atoms with Crippen LogP contribution in [0.15, 0.2) is 28.9 Å². The van der Waals surface area contributed by atoms with E-state index < -0.39 is 37.1 Å². The number of likely N-dealkylation sites (tertiary alicyclic amines) is 1. The van der Waals surface area contributed by atoms with E-state index in [-0.39, 0.29) is 24.2 Å². The van der Waals surface area contributed by atoms with Crippen LogP contribution in [0.5, 0.6) is 0 Å². The van der Waals surface area contributed by atoms with E-state index in [1.54, 1.807) is 6.07 Å². The van der Waals surface area contributed by atoms with E-state index in [1.165, 1.54) is 17.0 Å². The van der Waals surface area contributed by atoms with Gasteiger partial charge in [-0.25, -0.2) is 4.79 Å². The van der Waals surface area contributed by atoms with E-state index in [9.17, 15) is 35.9 Å². The van der Waals surface area contributed by atoms with Crippen molar-refractivity contribution < 1.29 is 40.7 Å². The molecule has 1 aliphatic heterocycles. The van der Waals surface area contributed by atoms with Crippen LogP contribution in [0.2, 0.25) is 0 Å². The Morgan fingerprint density at radius 1 is 1.17 bits per heavy atom. The highest BCUT2D eigenvalue weighted by Gasteiger charge is 2.38. The molecule has 29 heavy (non-hydrogen) atoms. The Bertz CT molecular complexity index is 950. The number of alkyl carbamates (subject to hydrolysis) is 1. The summed E-state index contributed by atoms with van der Waals surface area (Å²) in [7, 11) is 0. The predicted molar refractivity (Wildman–Crippen MR) is 91.1 cm³/mol. The second-order valence-electron chi connectivity index (χ2n) is 6.33. The monoisotopic (exact) mass is 487 g/mol. The van der Waals surface area contributed by atoms with E-state index in [4.69, 9.17) is 0 Å². The Labute approximate surface area is 167 Å². The number of carbonyl (C=O) groups excluding carboxylic acids is 2. The van der Waals surface area contributed by atoms with Crippen LogP contribution in [-0.4, -0.2) is 53.1 Å². The van der Waals surface area contributed by atoms with Gasteiger partial charge >= 0.3 is 18.6 Å². The normalized spacial score (nSPS) is 15.3. The van der Waals surface area contributed by atoms with Crippen molar-refractivity contribution in [1.29, 1.82) is 0 Å². The molecule has 6 nitrogen and oxygen atoms in total. The predicted octanol–water partition coefficient (Wildman–Crippen LogP) is 4.04. The highest BCUT2D eigenvalue weighted by molar-refractivity contribution is 9.10. The molecule has 1 saturated heterocycles. The van der Waals surface area contributed by atoms with Gasteiger partial charge in [0.15, 0.2) is 0 Å². The lowest BCUT2D eigenvalue weighted by Crippen LogP contribution is -2.61. The number of hydrogen-bond donors (Lipinski definition) is 1. The number of halogens is 7. The van der Waals surface area contributed by atoms with Gasteiger partial charge in [0.25, 0.3) is 5.91 Å². The number of nitrogens with zero attached hydrogens (tertiary/aromatic N) is 2. The van der Waals surface area contributed by atoms with Crippen LogP contribution in [0.4, 0.5) is 31.1 Å². The van der Waals surface area contributed by atoms with E-state index in [1.807, 2.05) is 5.32 Å². The average Bonchev–Trinajstić information content (AvgIpc) is 2.84.